The monoisotopic (exact) mass is 234 g/mol. The molecule has 1 aliphatic rings. The van der Waals surface area contributed by atoms with Crippen LogP contribution in [0.3, 0.4) is 0 Å². The second kappa shape index (κ2) is 5.68. The van der Waals surface area contributed by atoms with Crippen LogP contribution in [0.1, 0.15) is 17.3 Å². The predicted octanol–water partition coefficient (Wildman–Crippen LogP) is 1.59. The standard InChI is InChI=1S/C13H18N2O2/c1-2-14-12-6-4-3-5-11(12)13(16)15-7-9-17-10-8-15/h3-6,14H,2,7-10H2,1H3. The van der Waals surface area contributed by atoms with Gasteiger partial charge in [-0.25, -0.2) is 0 Å². The van der Waals surface area contributed by atoms with Crippen molar-refractivity contribution >= 4 is 11.6 Å². The highest BCUT2D eigenvalue weighted by Crippen LogP contribution is 2.17. The number of para-hydroxylation sites is 1. The maximum absolute atomic E-state index is 12.3. The Morgan fingerprint density at radius 1 is 1.35 bits per heavy atom. The topological polar surface area (TPSA) is 41.6 Å². The third kappa shape index (κ3) is 2.77. The first-order chi connectivity index (χ1) is 8.33. The number of anilines is 1. The summed E-state index contributed by atoms with van der Waals surface area (Å²) in [7, 11) is 0. The van der Waals surface area contributed by atoms with Gasteiger partial charge in [-0.3, -0.25) is 4.79 Å². The fraction of sp³-hybridized carbons (Fsp3) is 0.462. The van der Waals surface area contributed by atoms with Crippen LogP contribution in [0, 0.1) is 0 Å². The van der Waals surface area contributed by atoms with E-state index in [1.54, 1.807) is 0 Å². The average molecular weight is 234 g/mol. The Hall–Kier alpha value is -1.55. The van der Waals surface area contributed by atoms with Gasteiger partial charge in [0.15, 0.2) is 0 Å². The minimum absolute atomic E-state index is 0.0878. The molecular weight excluding hydrogens is 216 g/mol. The third-order valence-electron chi connectivity index (χ3n) is 2.82. The molecule has 4 heteroatoms. The van der Waals surface area contributed by atoms with E-state index in [-0.39, 0.29) is 5.91 Å². The third-order valence-corrected chi connectivity index (χ3v) is 2.82. The molecule has 1 amide bonds. The number of hydrogen-bond donors (Lipinski definition) is 1. The van der Waals surface area contributed by atoms with Gasteiger partial charge in [0.25, 0.3) is 5.91 Å². The molecule has 0 bridgehead atoms. The minimum atomic E-state index is 0.0878. The SMILES string of the molecule is CCNc1ccccc1C(=O)N1CCOCC1. The smallest absolute Gasteiger partial charge is 0.256 e. The lowest BCUT2D eigenvalue weighted by atomic mass is 10.1. The summed E-state index contributed by atoms with van der Waals surface area (Å²) in [6.45, 7) is 5.46. The van der Waals surface area contributed by atoms with Gasteiger partial charge >= 0.3 is 0 Å². The number of ether oxygens (including phenoxy) is 1. The van der Waals surface area contributed by atoms with Gasteiger partial charge in [0.1, 0.15) is 0 Å². The number of morpholine rings is 1. The highest BCUT2D eigenvalue weighted by atomic mass is 16.5. The predicted molar refractivity (Wildman–Crippen MR) is 67.3 cm³/mol. The van der Waals surface area contributed by atoms with E-state index in [1.807, 2.05) is 36.1 Å². The highest BCUT2D eigenvalue weighted by molar-refractivity contribution is 5.99. The summed E-state index contributed by atoms with van der Waals surface area (Å²) >= 11 is 0. The molecule has 0 saturated carbocycles. The Morgan fingerprint density at radius 2 is 2.06 bits per heavy atom. The van der Waals surface area contributed by atoms with Gasteiger partial charge in [0.2, 0.25) is 0 Å². The normalized spacial score (nSPS) is 15.7. The van der Waals surface area contributed by atoms with Crippen LogP contribution in [-0.2, 0) is 4.74 Å². The van der Waals surface area contributed by atoms with Crippen molar-refractivity contribution in [3.05, 3.63) is 29.8 Å². The number of carbonyl (C=O) groups excluding carboxylic acids is 1. The van der Waals surface area contributed by atoms with E-state index in [4.69, 9.17) is 4.74 Å². The first-order valence-corrected chi connectivity index (χ1v) is 6.03. The van der Waals surface area contributed by atoms with Gasteiger partial charge < -0.3 is 15.0 Å². The van der Waals surface area contributed by atoms with Crippen molar-refractivity contribution < 1.29 is 9.53 Å². The van der Waals surface area contributed by atoms with Crippen LogP contribution in [0.2, 0.25) is 0 Å². The molecule has 2 rings (SSSR count). The van der Waals surface area contributed by atoms with Gasteiger partial charge in [-0.1, -0.05) is 12.1 Å². The lowest BCUT2D eigenvalue weighted by molar-refractivity contribution is 0.0303. The molecule has 4 nitrogen and oxygen atoms in total. The summed E-state index contributed by atoms with van der Waals surface area (Å²) in [5.41, 5.74) is 1.66. The molecule has 0 unspecified atom stereocenters. The number of nitrogens with one attached hydrogen (secondary N) is 1. The Morgan fingerprint density at radius 3 is 2.76 bits per heavy atom. The quantitative estimate of drug-likeness (QED) is 0.863. The van der Waals surface area contributed by atoms with E-state index < -0.39 is 0 Å². The Balaban J connectivity index is 2.17. The summed E-state index contributed by atoms with van der Waals surface area (Å²) in [5, 5.41) is 3.22. The lowest BCUT2D eigenvalue weighted by Crippen LogP contribution is -2.40. The van der Waals surface area contributed by atoms with Crippen LogP contribution in [-0.4, -0.2) is 43.7 Å². The van der Waals surface area contributed by atoms with Crippen molar-refractivity contribution in [1.29, 1.82) is 0 Å². The molecule has 0 aromatic heterocycles. The van der Waals surface area contributed by atoms with Gasteiger partial charge in [-0.15, -0.1) is 0 Å². The fourth-order valence-electron chi connectivity index (χ4n) is 1.95. The largest absolute Gasteiger partial charge is 0.385 e. The molecule has 1 aromatic carbocycles. The average Bonchev–Trinajstić information content (AvgIpc) is 2.40. The Labute approximate surface area is 102 Å². The van der Waals surface area contributed by atoms with Crippen molar-refractivity contribution in [2.24, 2.45) is 0 Å². The first kappa shape index (κ1) is 11.9. The van der Waals surface area contributed by atoms with E-state index >= 15 is 0 Å². The molecule has 1 heterocycles. The maximum atomic E-state index is 12.3. The number of rotatable bonds is 3. The fourth-order valence-corrected chi connectivity index (χ4v) is 1.95. The zero-order valence-corrected chi connectivity index (χ0v) is 10.1. The van der Waals surface area contributed by atoms with Gasteiger partial charge in [0, 0.05) is 25.3 Å². The van der Waals surface area contributed by atoms with E-state index in [9.17, 15) is 4.79 Å². The number of nitrogens with zero attached hydrogens (tertiary/aromatic N) is 1. The summed E-state index contributed by atoms with van der Waals surface area (Å²) in [6.07, 6.45) is 0. The number of carbonyl (C=O) groups is 1. The number of amides is 1. The summed E-state index contributed by atoms with van der Waals surface area (Å²) in [6, 6.07) is 7.65. The van der Waals surface area contributed by atoms with Crippen LogP contribution in [0.15, 0.2) is 24.3 Å². The molecule has 1 N–H and O–H groups in total. The maximum Gasteiger partial charge on any atom is 0.256 e. The van der Waals surface area contributed by atoms with Crippen molar-refractivity contribution in [2.45, 2.75) is 6.92 Å². The van der Waals surface area contributed by atoms with E-state index in [2.05, 4.69) is 5.32 Å². The molecule has 0 aliphatic carbocycles. The van der Waals surface area contributed by atoms with Crippen LogP contribution in [0.5, 0.6) is 0 Å². The second-order valence-electron chi connectivity index (χ2n) is 3.98. The molecule has 1 aliphatic heterocycles. The van der Waals surface area contributed by atoms with Crippen LogP contribution in [0.4, 0.5) is 5.69 Å². The summed E-state index contributed by atoms with van der Waals surface area (Å²) in [5.74, 6) is 0.0878. The Bertz CT molecular complexity index is 387. The molecule has 0 radical (unpaired) electrons. The van der Waals surface area contributed by atoms with Crippen LogP contribution < -0.4 is 5.32 Å². The minimum Gasteiger partial charge on any atom is -0.385 e. The molecule has 1 aromatic rings. The van der Waals surface area contributed by atoms with Gasteiger partial charge in [-0.05, 0) is 19.1 Å². The Kier molecular flexibility index (Phi) is 3.98. The number of benzene rings is 1. The summed E-state index contributed by atoms with van der Waals surface area (Å²) in [4.78, 5) is 14.2. The molecule has 0 atom stereocenters. The van der Waals surface area contributed by atoms with Gasteiger partial charge in [-0.2, -0.15) is 0 Å². The first-order valence-electron chi connectivity index (χ1n) is 6.03. The molecule has 1 fully saturated rings. The zero-order chi connectivity index (χ0) is 12.1. The zero-order valence-electron chi connectivity index (χ0n) is 10.1. The van der Waals surface area contributed by atoms with Crippen LogP contribution in [0.25, 0.3) is 0 Å². The molecule has 1 saturated heterocycles. The van der Waals surface area contributed by atoms with Crippen molar-refractivity contribution in [3.8, 4) is 0 Å². The summed E-state index contributed by atoms with van der Waals surface area (Å²) < 4.78 is 5.25. The highest BCUT2D eigenvalue weighted by Gasteiger charge is 2.20. The van der Waals surface area contributed by atoms with Crippen LogP contribution >= 0.6 is 0 Å². The van der Waals surface area contributed by atoms with Crippen molar-refractivity contribution in [1.82, 2.24) is 4.90 Å². The molecule has 92 valence electrons. The lowest BCUT2D eigenvalue weighted by Gasteiger charge is -2.27. The molecular formula is C13H18N2O2. The van der Waals surface area contributed by atoms with Crippen molar-refractivity contribution in [2.75, 3.05) is 38.2 Å². The molecule has 17 heavy (non-hydrogen) atoms. The number of hydrogen-bond acceptors (Lipinski definition) is 3. The second-order valence-corrected chi connectivity index (χ2v) is 3.98. The van der Waals surface area contributed by atoms with E-state index in [1.165, 1.54) is 0 Å². The van der Waals surface area contributed by atoms with E-state index in [0.29, 0.717) is 26.3 Å². The molecule has 0 spiro atoms. The van der Waals surface area contributed by atoms with Crippen molar-refractivity contribution in [3.63, 3.8) is 0 Å². The van der Waals surface area contributed by atoms with E-state index in [0.717, 1.165) is 17.8 Å². The van der Waals surface area contributed by atoms with Gasteiger partial charge in [0.05, 0.1) is 18.8 Å².